The fourth-order valence-electron chi connectivity index (χ4n) is 0.432. The summed E-state index contributed by atoms with van der Waals surface area (Å²) < 4.78 is 0.946. The van der Waals surface area contributed by atoms with Crippen molar-refractivity contribution in [2.75, 3.05) is 5.75 Å². The average molecular weight is 285 g/mol. The molecule has 1 atom stereocenters. The second-order valence-electron chi connectivity index (χ2n) is 1.88. The van der Waals surface area contributed by atoms with Crippen LogP contribution in [-0.2, 0) is 16.5 Å². The van der Waals surface area contributed by atoms with Crippen LogP contribution in [0.3, 0.4) is 0 Å². The molecule has 0 aliphatic carbocycles. The summed E-state index contributed by atoms with van der Waals surface area (Å²) in [6.07, 6.45) is 0. The molecule has 0 aromatic heterocycles. The quantitative estimate of drug-likeness (QED) is 0.602. The first-order chi connectivity index (χ1) is 5.02. The molecule has 0 aromatic carbocycles. The minimum Gasteiger partial charge on any atom is -0.385 e. The van der Waals surface area contributed by atoms with Crippen LogP contribution in [0.2, 0.25) is 0 Å². The maximum atomic E-state index is 5.32. The van der Waals surface area contributed by atoms with E-state index in [1.165, 1.54) is 23.5 Å². The summed E-state index contributed by atoms with van der Waals surface area (Å²) in [4.78, 5) is 0. The molecule has 12 heavy (non-hydrogen) atoms. The zero-order chi connectivity index (χ0) is 8.85. The number of hydrogen-bond acceptors (Lipinski definition) is 4. The minimum absolute atomic E-state index is 0. The van der Waals surface area contributed by atoms with E-state index in [0.717, 1.165) is 5.75 Å². The van der Waals surface area contributed by atoms with Crippen molar-refractivity contribution in [1.29, 1.82) is 0 Å². The van der Waals surface area contributed by atoms with E-state index in [-0.39, 0.29) is 16.5 Å². The molecule has 74 valence electrons. The standard InChI is InChI=1S/C5H10N2S4.Ni/c1-3(11-5(7)9)2-10-4(6)8;/h3H,2H2,1H3,(H2,6,8)(H2,7,9);. The monoisotopic (exact) mass is 284 g/mol. The molecule has 0 fully saturated rings. The van der Waals surface area contributed by atoms with Gasteiger partial charge < -0.3 is 11.5 Å². The van der Waals surface area contributed by atoms with Crippen LogP contribution in [0.1, 0.15) is 6.92 Å². The van der Waals surface area contributed by atoms with E-state index in [2.05, 4.69) is 0 Å². The molecular weight excluding hydrogens is 275 g/mol. The van der Waals surface area contributed by atoms with Crippen molar-refractivity contribution in [1.82, 2.24) is 0 Å². The van der Waals surface area contributed by atoms with E-state index in [9.17, 15) is 0 Å². The molecule has 1 unspecified atom stereocenters. The van der Waals surface area contributed by atoms with Gasteiger partial charge in [-0.05, 0) is 0 Å². The zero-order valence-electron chi connectivity index (χ0n) is 6.39. The van der Waals surface area contributed by atoms with Crippen LogP contribution < -0.4 is 11.5 Å². The molecule has 2 nitrogen and oxygen atoms in total. The van der Waals surface area contributed by atoms with Crippen molar-refractivity contribution in [3.63, 3.8) is 0 Å². The van der Waals surface area contributed by atoms with E-state index in [1.54, 1.807) is 0 Å². The van der Waals surface area contributed by atoms with Crippen molar-refractivity contribution >= 4 is 56.6 Å². The van der Waals surface area contributed by atoms with Gasteiger partial charge in [-0.15, -0.1) is 0 Å². The number of thiocarbonyl (C=S) groups is 2. The van der Waals surface area contributed by atoms with E-state index < -0.39 is 0 Å². The third kappa shape index (κ3) is 11.0. The average Bonchev–Trinajstić information content (AvgIpc) is 1.82. The molecule has 0 aromatic rings. The van der Waals surface area contributed by atoms with Crippen molar-refractivity contribution in [2.45, 2.75) is 12.2 Å². The van der Waals surface area contributed by atoms with Gasteiger partial charge >= 0.3 is 0 Å². The van der Waals surface area contributed by atoms with Crippen molar-refractivity contribution in [3.8, 4) is 0 Å². The van der Waals surface area contributed by atoms with Gasteiger partial charge in [0.2, 0.25) is 0 Å². The maximum Gasteiger partial charge on any atom is 0.131 e. The second kappa shape index (κ2) is 8.57. The summed E-state index contributed by atoms with van der Waals surface area (Å²) in [5.41, 5.74) is 10.6. The Morgan fingerprint density at radius 2 is 1.83 bits per heavy atom. The Morgan fingerprint density at radius 3 is 2.17 bits per heavy atom. The molecule has 4 N–H and O–H groups in total. The Labute approximate surface area is 102 Å². The van der Waals surface area contributed by atoms with Crippen LogP contribution in [-0.4, -0.2) is 19.6 Å². The molecule has 0 rings (SSSR count). The Morgan fingerprint density at radius 1 is 1.33 bits per heavy atom. The smallest absolute Gasteiger partial charge is 0.131 e. The summed E-state index contributed by atoms with van der Waals surface area (Å²) in [6, 6.07) is 0. The predicted molar refractivity (Wildman–Crippen MR) is 63.1 cm³/mol. The molecule has 0 aliphatic rings. The number of hydrogen-bond donors (Lipinski definition) is 2. The topological polar surface area (TPSA) is 52.0 Å². The summed E-state index contributed by atoms with van der Waals surface area (Å²) >= 11 is 12.3. The molecule has 0 radical (unpaired) electrons. The van der Waals surface area contributed by atoms with Crippen molar-refractivity contribution in [3.05, 3.63) is 0 Å². The summed E-state index contributed by atoms with van der Waals surface area (Å²) in [5, 5.41) is 0.374. The van der Waals surface area contributed by atoms with E-state index in [1.807, 2.05) is 6.92 Å². The molecule has 7 heteroatoms. The van der Waals surface area contributed by atoms with E-state index in [4.69, 9.17) is 35.9 Å². The molecule has 0 saturated carbocycles. The third-order valence-electron chi connectivity index (χ3n) is 0.778. The largest absolute Gasteiger partial charge is 0.385 e. The van der Waals surface area contributed by atoms with Gasteiger partial charge in [0.1, 0.15) is 8.64 Å². The van der Waals surface area contributed by atoms with Crippen LogP contribution >= 0.6 is 48.0 Å². The molecule has 0 amide bonds. The fraction of sp³-hybridized carbons (Fsp3) is 0.600. The normalized spacial score (nSPS) is 11.4. The summed E-state index contributed by atoms with van der Waals surface area (Å²) in [5.74, 6) is 0.858. The van der Waals surface area contributed by atoms with Gasteiger partial charge in [-0.3, -0.25) is 0 Å². The Hall–Kier alpha value is 0.974. The first-order valence-corrected chi connectivity index (χ1v) is 5.59. The number of rotatable bonds is 3. The molecular formula is C5H10N2NiS4. The summed E-state index contributed by atoms with van der Waals surface area (Å²) in [6.45, 7) is 2.04. The zero-order valence-corrected chi connectivity index (χ0v) is 10.6. The SMILES string of the molecule is CC(CSC(N)=S)SC(N)=S.[Ni]. The van der Waals surface area contributed by atoms with Crippen LogP contribution in [0.4, 0.5) is 0 Å². The van der Waals surface area contributed by atoms with Gasteiger partial charge in [-0.25, -0.2) is 0 Å². The summed E-state index contributed by atoms with van der Waals surface area (Å²) in [7, 11) is 0. The van der Waals surface area contributed by atoms with Crippen molar-refractivity contribution < 1.29 is 16.5 Å². The molecule has 0 spiro atoms. The van der Waals surface area contributed by atoms with Gasteiger partial charge in [0, 0.05) is 27.5 Å². The first kappa shape index (κ1) is 15.4. The molecule has 0 bridgehead atoms. The van der Waals surface area contributed by atoms with Crippen molar-refractivity contribution in [2.24, 2.45) is 11.5 Å². The Bertz CT molecular complexity index is 164. The third-order valence-corrected chi connectivity index (χ3v) is 3.38. The van der Waals surface area contributed by atoms with Crippen LogP contribution in [0.5, 0.6) is 0 Å². The second-order valence-corrected chi connectivity index (χ2v) is 5.82. The molecule has 0 aliphatic heterocycles. The van der Waals surface area contributed by atoms with Crippen LogP contribution in [0, 0.1) is 0 Å². The number of thioether (sulfide) groups is 2. The first-order valence-electron chi connectivity index (χ1n) is 2.90. The number of nitrogens with two attached hydrogens (primary N) is 2. The van der Waals surface area contributed by atoms with Crippen LogP contribution in [0.25, 0.3) is 0 Å². The van der Waals surface area contributed by atoms with Gasteiger partial charge in [0.05, 0.1) is 0 Å². The van der Waals surface area contributed by atoms with Gasteiger partial charge in [0.15, 0.2) is 0 Å². The van der Waals surface area contributed by atoms with E-state index in [0.29, 0.717) is 13.9 Å². The van der Waals surface area contributed by atoms with E-state index >= 15 is 0 Å². The Balaban J connectivity index is 0. The fourth-order valence-corrected chi connectivity index (χ4v) is 2.40. The predicted octanol–water partition coefficient (Wildman–Crippen LogP) is 1.33. The van der Waals surface area contributed by atoms with Gasteiger partial charge in [0.25, 0.3) is 0 Å². The molecule has 0 heterocycles. The maximum absolute atomic E-state index is 5.32. The Kier molecular flexibility index (Phi) is 11.0. The minimum atomic E-state index is 0. The van der Waals surface area contributed by atoms with Gasteiger partial charge in [-0.1, -0.05) is 54.9 Å². The van der Waals surface area contributed by atoms with Crippen LogP contribution in [0.15, 0.2) is 0 Å². The molecule has 0 saturated heterocycles. The van der Waals surface area contributed by atoms with Gasteiger partial charge in [-0.2, -0.15) is 0 Å².